The molecule has 0 atom stereocenters. The highest BCUT2D eigenvalue weighted by Gasteiger charge is 2.29. The molecule has 0 radical (unpaired) electrons. The van der Waals surface area contributed by atoms with Crippen LogP contribution in [0, 0.1) is 5.41 Å². The van der Waals surface area contributed by atoms with E-state index in [4.69, 9.17) is 4.74 Å². The zero-order chi connectivity index (χ0) is 19.8. The van der Waals surface area contributed by atoms with E-state index < -0.39 is 0 Å². The Bertz CT molecular complexity index is 918. The van der Waals surface area contributed by atoms with Gasteiger partial charge in [-0.15, -0.1) is 15.0 Å². The molecular formula is C22H30N4O. The molecule has 3 rings (SSSR count). The number of methoxy groups -OCH3 is 1. The molecule has 1 aromatic heterocycles. The van der Waals surface area contributed by atoms with Gasteiger partial charge in [0.25, 0.3) is 0 Å². The Morgan fingerprint density at radius 2 is 1.59 bits per heavy atom. The molecule has 3 aromatic rings. The summed E-state index contributed by atoms with van der Waals surface area (Å²) in [5.41, 5.74) is 4.97. The smallest absolute Gasteiger partial charge is 0.169 e. The van der Waals surface area contributed by atoms with Crippen LogP contribution in [0.25, 0.3) is 16.7 Å². The van der Waals surface area contributed by atoms with Gasteiger partial charge in [0.2, 0.25) is 0 Å². The quantitative estimate of drug-likeness (QED) is 0.675. The van der Waals surface area contributed by atoms with Crippen LogP contribution in [-0.4, -0.2) is 29.2 Å². The number of hydrogen-bond acceptors (Lipinski definition) is 4. The van der Waals surface area contributed by atoms with Gasteiger partial charge in [0.1, 0.15) is 16.7 Å². The molecule has 27 heavy (non-hydrogen) atoms. The minimum absolute atomic E-state index is 0.00253. The number of fused-ring (bicyclic) bond motifs is 1. The number of aromatic nitrogens is 3. The number of ether oxygens (including phenoxy) is 1. The maximum absolute atomic E-state index is 5.72. The second-order valence-corrected chi connectivity index (χ2v) is 8.93. The van der Waals surface area contributed by atoms with Crippen molar-refractivity contribution < 1.29 is 4.74 Å². The maximum Gasteiger partial charge on any atom is 0.169 e. The Morgan fingerprint density at radius 1 is 1.00 bits per heavy atom. The fourth-order valence-corrected chi connectivity index (χ4v) is 3.95. The fourth-order valence-electron chi connectivity index (χ4n) is 3.95. The van der Waals surface area contributed by atoms with Crippen LogP contribution in [0.4, 0.5) is 5.69 Å². The van der Waals surface area contributed by atoms with Gasteiger partial charge >= 0.3 is 0 Å². The van der Waals surface area contributed by atoms with E-state index >= 15 is 0 Å². The summed E-state index contributed by atoms with van der Waals surface area (Å²) in [4.78, 5) is 1.68. The lowest BCUT2D eigenvalue weighted by atomic mass is 9.72. The predicted molar refractivity (Wildman–Crippen MR) is 112 cm³/mol. The summed E-state index contributed by atoms with van der Waals surface area (Å²) in [6, 6.07) is 12.2. The SMILES string of the molecule is CNc1cc(C(C)(C)CC(C)(C)C)cc(-n2nc3ccccc3n2)c1OC. The molecule has 0 bridgehead atoms. The molecule has 0 amide bonds. The van der Waals surface area contributed by atoms with Crippen molar-refractivity contribution in [3.05, 3.63) is 42.0 Å². The van der Waals surface area contributed by atoms with Gasteiger partial charge in [-0.05, 0) is 47.1 Å². The van der Waals surface area contributed by atoms with Crippen molar-refractivity contribution in [1.82, 2.24) is 15.0 Å². The number of hydrogen-bond donors (Lipinski definition) is 1. The maximum atomic E-state index is 5.72. The summed E-state index contributed by atoms with van der Waals surface area (Å²) in [6.45, 7) is 11.4. The van der Waals surface area contributed by atoms with E-state index in [2.05, 4.69) is 62.3 Å². The molecule has 0 fully saturated rings. The number of nitrogens with zero attached hydrogens (tertiary/aromatic N) is 3. The Balaban J connectivity index is 2.20. The number of nitrogens with one attached hydrogen (secondary N) is 1. The van der Waals surface area contributed by atoms with Crippen LogP contribution < -0.4 is 10.1 Å². The largest absolute Gasteiger partial charge is 0.492 e. The van der Waals surface area contributed by atoms with E-state index in [0.29, 0.717) is 0 Å². The Morgan fingerprint density at radius 3 is 2.07 bits per heavy atom. The van der Waals surface area contributed by atoms with E-state index in [-0.39, 0.29) is 10.8 Å². The third kappa shape index (κ3) is 3.92. The minimum Gasteiger partial charge on any atom is -0.492 e. The second kappa shape index (κ2) is 6.87. The van der Waals surface area contributed by atoms with E-state index in [1.165, 1.54) is 5.56 Å². The van der Waals surface area contributed by atoms with Gasteiger partial charge in [-0.1, -0.05) is 46.8 Å². The van der Waals surface area contributed by atoms with Crippen LogP contribution in [0.3, 0.4) is 0 Å². The molecular weight excluding hydrogens is 336 g/mol. The van der Waals surface area contributed by atoms with Crippen molar-refractivity contribution in [2.75, 3.05) is 19.5 Å². The molecule has 1 N–H and O–H groups in total. The zero-order valence-electron chi connectivity index (χ0n) is 17.4. The minimum atomic E-state index is -0.00253. The van der Waals surface area contributed by atoms with E-state index in [1.54, 1.807) is 11.9 Å². The first kappa shape index (κ1) is 19.2. The lowest BCUT2D eigenvalue weighted by molar-refractivity contribution is 0.284. The highest BCUT2D eigenvalue weighted by Crippen LogP contribution is 2.41. The number of benzene rings is 2. The van der Waals surface area contributed by atoms with Crippen molar-refractivity contribution in [2.24, 2.45) is 5.41 Å². The van der Waals surface area contributed by atoms with E-state index in [1.807, 2.05) is 31.3 Å². The fraction of sp³-hybridized carbons (Fsp3) is 0.455. The van der Waals surface area contributed by atoms with Crippen LogP contribution in [0.1, 0.15) is 46.6 Å². The van der Waals surface area contributed by atoms with Gasteiger partial charge in [-0.25, -0.2) is 0 Å². The summed E-state index contributed by atoms with van der Waals surface area (Å²) in [7, 11) is 3.60. The topological polar surface area (TPSA) is 52.0 Å². The molecule has 144 valence electrons. The Kier molecular flexibility index (Phi) is 4.89. The highest BCUT2D eigenvalue weighted by atomic mass is 16.5. The molecule has 5 nitrogen and oxygen atoms in total. The van der Waals surface area contributed by atoms with Gasteiger partial charge in [-0.3, -0.25) is 0 Å². The summed E-state index contributed by atoms with van der Waals surface area (Å²) in [5.74, 6) is 0.744. The van der Waals surface area contributed by atoms with Crippen LogP contribution in [0.5, 0.6) is 5.75 Å². The normalized spacial score (nSPS) is 12.4. The lowest BCUT2D eigenvalue weighted by Gasteiger charge is -2.33. The van der Waals surface area contributed by atoms with Gasteiger partial charge in [0, 0.05) is 7.05 Å². The average molecular weight is 367 g/mol. The van der Waals surface area contributed by atoms with Crippen molar-refractivity contribution in [2.45, 2.75) is 46.5 Å². The van der Waals surface area contributed by atoms with Gasteiger partial charge in [0.15, 0.2) is 5.75 Å². The summed E-state index contributed by atoms with van der Waals surface area (Å²) in [5, 5.41) is 12.6. The molecule has 0 unspecified atom stereocenters. The molecule has 5 heteroatoms. The van der Waals surface area contributed by atoms with Crippen molar-refractivity contribution in [3.63, 3.8) is 0 Å². The molecule has 0 spiro atoms. The Labute approximate surface area is 161 Å². The average Bonchev–Trinajstić information content (AvgIpc) is 3.02. The molecule has 0 aliphatic heterocycles. The van der Waals surface area contributed by atoms with Crippen LogP contribution in [0.2, 0.25) is 0 Å². The molecule has 0 aliphatic carbocycles. The standard InChI is InChI=1S/C22H30N4O/c1-21(2,3)14-22(4,5)15-12-18(23-6)20(27-7)19(13-15)26-24-16-10-8-9-11-17(16)25-26/h8-13,23H,14H2,1-7H3. The van der Waals surface area contributed by atoms with Crippen molar-refractivity contribution >= 4 is 16.7 Å². The monoisotopic (exact) mass is 366 g/mol. The first-order valence-electron chi connectivity index (χ1n) is 9.37. The molecule has 1 heterocycles. The molecule has 2 aromatic carbocycles. The van der Waals surface area contributed by atoms with Crippen molar-refractivity contribution in [1.29, 1.82) is 0 Å². The first-order valence-corrected chi connectivity index (χ1v) is 9.37. The summed E-state index contributed by atoms with van der Waals surface area (Å²) < 4.78 is 5.72. The van der Waals surface area contributed by atoms with E-state index in [9.17, 15) is 0 Å². The van der Waals surface area contributed by atoms with Crippen molar-refractivity contribution in [3.8, 4) is 11.4 Å². The lowest BCUT2D eigenvalue weighted by Crippen LogP contribution is -2.25. The van der Waals surface area contributed by atoms with Gasteiger partial charge in [0.05, 0.1) is 12.8 Å². The third-order valence-corrected chi connectivity index (χ3v) is 4.80. The molecule has 0 saturated carbocycles. The van der Waals surface area contributed by atoms with E-state index in [0.717, 1.165) is 34.6 Å². The van der Waals surface area contributed by atoms with Crippen LogP contribution in [0.15, 0.2) is 36.4 Å². The second-order valence-electron chi connectivity index (χ2n) is 8.93. The zero-order valence-corrected chi connectivity index (χ0v) is 17.4. The molecule has 0 aliphatic rings. The molecule has 0 saturated heterocycles. The summed E-state index contributed by atoms with van der Waals surface area (Å²) >= 11 is 0. The third-order valence-electron chi connectivity index (χ3n) is 4.80. The number of anilines is 1. The summed E-state index contributed by atoms with van der Waals surface area (Å²) in [6.07, 6.45) is 1.06. The number of rotatable bonds is 5. The van der Waals surface area contributed by atoms with Gasteiger partial charge < -0.3 is 10.1 Å². The van der Waals surface area contributed by atoms with Gasteiger partial charge in [-0.2, -0.15) is 0 Å². The first-order chi connectivity index (χ1) is 12.6. The van der Waals surface area contributed by atoms with Crippen LogP contribution >= 0.6 is 0 Å². The Hall–Kier alpha value is -2.56. The predicted octanol–water partition coefficient (Wildman–Crippen LogP) is 5.18. The highest BCUT2D eigenvalue weighted by molar-refractivity contribution is 5.74. The van der Waals surface area contributed by atoms with Crippen LogP contribution in [-0.2, 0) is 5.41 Å².